The number of anilines is 2. The summed E-state index contributed by atoms with van der Waals surface area (Å²) in [4.78, 5) is 28.7. The molecule has 1 aromatic rings. The van der Waals surface area contributed by atoms with Crippen LogP contribution >= 0.6 is 0 Å². The summed E-state index contributed by atoms with van der Waals surface area (Å²) in [5.74, 6) is 2.24. The van der Waals surface area contributed by atoms with E-state index in [9.17, 15) is 4.79 Å². The standard InChI is InChI=1S/C18H30N6O2/c1-11(2)16-20-17(22-18(21-16)23(3)4)19-13-7-14(8-13)24(10-15(25)26)9-12-5-6-12/h11-14H,5-10H2,1-4H3,(H,25,26)(H,19,20,21,22). The molecule has 2 fully saturated rings. The van der Waals surface area contributed by atoms with Gasteiger partial charge in [0.15, 0.2) is 0 Å². The Morgan fingerprint density at radius 1 is 1.23 bits per heavy atom. The topological polar surface area (TPSA) is 94.5 Å². The molecule has 0 aliphatic heterocycles. The summed E-state index contributed by atoms with van der Waals surface area (Å²) in [5, 5.41) is 12.6. The first-order valence-electron chi connectivity index (χ1n) is 9.47. The summed E-state index contributed by atoms with van der Waals surface area (Å²) in [6, 6.07) is 0.622. The highest BCUT2D eigenvalue weighted by molar-refractivity contribution is 5.69. The van der Waals surface area contributed by atoms with Crippen LogP contribution in [0.2, 0.25) is 0 Å². The van der Waals surface area contributed by atoms with Crippen molar-refractivity contribution in [2.75, 3.05) is 37.4 Å². The molecule has 0 atom stereocenters. The van der Waals surface area contributed by atoms with Crippen LogP contribution in [0.15, 0.2) is 0 Å². The van der Waals surface area contributed by atoms with Crippen LogP contribution < -0.4 is 10.2 Å². The molecule has 8 heteroatoms. The number of nitrogens with zero attached hydrogens (tertiary/aromatic N) is 5. The summed E-state index contributed by atoms with van der Waals surface area (Å²) in [6.45, 7) is 5.19. The molecule has 0 unspecified atom stereocenters. The largest absolute Gasteiger partial charge is 0.480 e. The predicted octanol–water partition coefficient (Wildman–Crippen LogP) is 1.80. The summed E-state index contributed by atoms with van der Waals surface area (Å²) < 4.78 is 0. The van der Waals surface area contributed by atoms with Crippen LogP contribution in [0.1, 0.15) is 51.3 Å². The Bertz CT molecular complexity index is 614. The Hall–Kier alpha value is -1.96. The van der Waals surface area contributed by atoms with E-state index in [0.29, 0.717) is 23.9 Å². The van der Waals surface area contributed by atoms with E-state index in [1.54, 1.807) is 0 Å². The van der Waals surface area contributed by atoms with Crippen molar-refractivity contribution in [3.05, 3.63) is 5.82 Å². The molecular formula is C18H30N6O2. The van der Waals surface area contributed by atoms with Gasteiger partial charge in [-0.1, -0.05) is 13.8 Å². The molecule has 3 rings (SSSR count). The van der Waals surface area contributed by atoms with Crippen LogP contribution in [0, 0.1) is 5.92 Å². The highest BCUT2D eigenvalue weighted by Gasteiger charge is 2.37. The van der Waals surface area contributed by atoms with Gasteiger partial charge in [-0.2, -0.15) is 15.0 Å². The molecule has 8 nitrogen and oxygen atoms in total. The molecule has 2 saturated carbocycles. The first-order chi connectivity index (χ1) is 12.3. The molecule has 0 amide bonds. The van der Waals surface area contributed by atoms with E-state index in [1.165, 1.54) is 12.8 Å². The minimum Gasteiger partial charge on any atom is -0.480 e. The fourth-order valence-electron chi connectivity index (χ4n) is 3.24. The van der Waals surface area contributed by atoms with Gasteiger partial charge in [-0.3, -0.25) is 9.69 Å². The average molecular weight is 362 g/mol. The van der Waals surface area contributed by atoms with E-state index in [0.717, 1.165) is 25.2 Å². The monoisotopic (exact) mass is 362 g/mol. The molecule has 0 bridgehead atoms. The van der Waals surface area contributed by atoms with E-state index in [-0.39, 0.29) is 18.5 Å². The van der Waals surface area contributed by atoms with Gasteiger partial charge in [-0.25, -0.2) is 0 Å². The van der Waals surface area contributed by atoms with E-state index in [2.05, 4.69) is 39.0 Å². The van der Waals surface area contributed by atoms with Gasteiger partial charge in [0.2, 0.25) is 11.9 Å². The lowest BCUT2D eigenvalue weighted by molar-refractivity contribution is -0.139. The maximum Gasteiger partial charge on any atom is 0.317 e. The Labute approximate surface area is 155 Å². The molecule has 1 heterocycles. The lowest BCUT2D eigenvalue weighted by atomic mass is 9.85. The number of hydrogen-bond donors (Lipinski definition) is 2. The minimum absolute atomic E-state index is 0.141. The number of carboxylic acids is 1. The zero-order chi connectivity index (χ0) is 18.8. The van der Waals surface area contributed by atoms with Crippen molar-refractivity contribution in [1.29, 1.82) is 0 Å². The van der Waals surface area contributed by atoms with Crippen molar-refractivity contribution in [2.24, 2.45) is 5.92 Å². The summed E-state index contributed by atoms with van der Waals surface area (Å²) in [6.07, 6.45) is 4.33. The molecule has 26 heavy (non-hydrogen) atoms. The second-order valence-corrected chi connectivity index (χ2v) is 8.10. The van der Waals surface area contributed by atoms with Crippen LogP contribution in [0.4, 0.5) is 11.9 Å². The van der Waals surface area contributed by atoms with Gasteiger partial charge < -0.3 is 15.3 Å². The van der Waals surface area contributed by atoms with Gasteiger partial charge in [0.25, 0.3) is 0 Å². The third-order valence-electron chi connectivity index (χ3n) is 5.05. The lowest BCUT2D eigenvalue weighted by Crippen LogP contribution is -2.52. The Morgan fingerprint density at radius 3 is 2.46 bits per heavy atom. The number of hydrogen-bond acceptors (Lipinski definition) is 7. The Kier molecular flexibility index (Phi) is 5.60. The van der Waals surface area contributed by atoms with Gasteiger partial charge >= 0.3 is 5.97 Å². The number of rotatable bonds is 9. The Balaban J connectivity index is 1.59. The van der Waals surface area contributed by atoms with Crippen molar-refractivity contribution < 1.29 is 9.90 Å². The third kappa shape index (κ3) is 4.81. The van der Waals surface area contributed by atoms with Crippen molar-refractivity contribution in [3.63, 3.8) is 0 Å². The SMILES string of the molecule is CC(C)c1nc(NC2CC(N(CC(=O)O)CC3CC3)C2)nc(N(C)C)n1. The molecule has 1 aromatic heterocycles. The molecule has 0 spiro atoms. The first-order valence-corrected chi connectivity index (χ1v) is 9.47. The van der Waals surface area contributed by atoms with E-state index < -0.39 is 5.97 Å². The number of aliphatic carboxylic acids is 1. The second kappa shape index (κ2) is 7.73. The van der Waals surface area contributed by atoms with Crippen LogP contribution in [0.25, 0.3) is 0 Å². The molecule has 2 N–H and O–H groups in total. The molecule has 144 valence electrons. The quantitative estimate of drug-likeness (QED) is 0.687. The minimum atomic E-state index is -0.739. The zero-order valence-corrected chi connectivity index (χ0v) is 16.1. The zero-order valence-electron chi connectivity index (χ0n) is 16.1. The van der Waals surface area contributed by atoms with Gasteiger partial charge in [0.1, 0.15) is 5.82 Å². The van der Waals surface area contributed by atoms with Gasteiger partial charge in [0, 0.05) is 38.6 Å². The van der Waals surface area contributed by atoms with E-state index >= 15 is 0 Å². The predicted molar refractivity (Wildman–Crippen MR) is 101 cm³/mol. The number of carboxylic acid groups (broad SMARTS) is 1. The first kappa shape index (κ1) is 18.8. The van der Waals surface area contributed by atoms with Crippen LogP contribution in [-0.2, 0) is 4.79 Å². The van der Waals surface area contributed by atoms with Crippen LogP contribution in [0.5, 0.6) is 0 Å². The molecule has 0 aromatic carbocycles. The van der Waals surface area contributed by atoms with Gasteiger partial charge in [-0.05, 0) is 31.6 Å². The van der Waals surface area contributed by atoms with E-state index in [1.807, 2.05) is 19.0 Å². The number of aromatic nitrogens is 3. The normalized spacial score (nSPS) is 22.4. The fourth-order valence-corrected chi connectivity index (χ4v) is 3.24. The van der Waals surface area contributed by atoms with Gasteiger partial charge in [-0.15, -0.1) is 0 Å². The second-order valence-electron chi connectivity index (χ2n) is 8.10. The average Bonchev–Trinajstić information content (AvgIpc) is 3.33. The van der Waals surface area contributed by atoms with Crippen molar-refractivity contribution >= 4 is 17.9 Å². The number of nitrogens with one attached hydrogen (secondary N) is 1. The highest BCUT2D eigenvalue weighted by Crippen LogP contribution is 2.34. The summed E-state index contributed by atoms with van der Waals surface area (Å²) in [5.41, 5.74) is 0. The van der Waals surface area contributed by atoms with Crippen LogP contribution in [-0.4, -0.2) is 70.2 Å². The van der Waals surface area contributed by atoms with E-state index in [4.69, 9.17) is 5.11 Å². The smallest absolute Gasteiger partial charge is 0.317 e. The van der Waals surface area contributed by atoms with Crippen LogP contribution in [0.3, 0.4) is 0 Å². The molecule has 2 aliphatic carbocycles. The maximum atomic E-state index is 11.1. The Morgan fingerprint density at radius 2 is 1.92 bits per heavy atom. The molecule has 0 radical (unpaired) electrons. The van der Waals surface area contributed by atoms with Crippen molar-refractivity contribution in [2.45, 2.75) is 57.5 Å². The molecule has 0 saturated heterocycles. The third-order valence-corrected chi connectivity index (χ3v) is 5.05. The summed E-state index contributed by atoms with van der Waals surface area (Å²) >= 11 is 0. The molecule has 2 aliphatic rings. The summed E-state index contributed by atoms with van der Waals surface area (Å²) in [7, 11) is 3.84. The van der Waals surface area contributed by atoms with Crippen molar-refractivity contribution in [3.8, 4) is 0 Å². The molecular weight excluding hydrogens is 332 g/mol. The highest BCUT2D eigenvalue weighted by atomic mass is 16.4. The van der Waals surface area contributed by atoms with Crippen molar-refractivity contribution in [1.82, 2.24) is 19.9 Å². The lowest BCUT2D eigenvalue weighted by Gasteiger charge is -2.42. The van der Waals surface area contributed by atoms with Gasteiger partial charge in [0.05, 0.1) is 6.54 Å². The fraction of sp³-hybridized carbons (Fsp3) is 0.778. The number of carbonyl (C=O) groups is 1. The maximum absolute atomic E-state index is 11.1.